The fourth-order valence-electron chi connectivity index (χ4n) is 3.26. The van der Waals surface area contributed by atoms with Crippen LogP contribution in [-0.2, 0) is 7.05 Å². The van der Waals surface area contributed by atoms with Crippen LogP contribution in [0, 0.1) is 26.7 Å². The number of ether oxygens (including phenoxy) is 1. The van der Waals surface area contributed by atoms with Crippen molar-refractivity contribution in [3.63, 3.8) is 0 Å². The number of nitrogens with zero attached hydrogens (tertiary/aromatic N) is 5. The van der Waals surface area contributed by atoms with Gasteiger partial charge in [0.25, 0.3) is 5.56 Å². The van der Waals surface area contributed by atoms with Gasteiger partial charge in [-0.05, 0) is 38.8 Å². The third-order valence-corrected chi connectivity index (χ3v) is 6.52. The Bertz CT molecular complexity index is 1070. The average molecular weight is 412 g/mol. The smallest absolute Gasteiger partial charge is 0.290 e. The molecule has 0 N–H and O–H groups in total. The van der Waals surface area contributed by atoms with Crippen LogP contribution in [0.4, 0.5) is 10.8 Å². The van der Waals surface area contributed by atoms with Crippen LogP contribution < -0.4 is 15.2 Å². The van der Waals surface area contributed by atoms with Gasteiger partial charge < -0.3 is 9.64 Å². The molecule has 1 aliphatic carbocycles. The molecule has 0 radical (unpaired) electrons. The van der Waals surface area contributed by atoms with Gasteiger partial charge in [-0.15, -0.1) is 16.4 Å². The summed E-state index contributed by atoms with van der Waals surface area (Å²) in [6.45, 7) is 6.60. The van der Waals surface area contributed by atoms with E-state index in [0.29, 0.717) is 30.0 Å². The Morgan fingerprint density at radius 3 is 2.76 bits per heavy atom. The van der Waals surface area contributed by atoms with Crippen LogP contribution in [-0.4, -0.2) is 33.4 Å². The summed E-state index contributed by atoms with van der Waals surface area (Å²) in [5.74, 6) is 1.31. The van der Waals surface area contributed by atoms with Crippen molar-refractivity contribution in [3.05, 3.63) is 56.6 Å². The number of hydrogen-bond donors (Lipinski definition) is 0. The number of aryl methyl sites for hydroxylation is 4. The highest BCUT2D eigenvalue weighted by Crippen LogP contribution is 2.46. The minimum Gasteiger partial charge on any atom is -0.476 e. The highest BCUT2D eigenvalue weighted by atomic mass is 32.1. The van der Waals surface area contributed by atoms with Crippen molar-refractivity contribution in [2.45, 2.75) is 33.1 Å². The first-order valence-corrected chi connectivity index (χ1v) is 10.5. The third kappa shape index (κ3) is 4.03. The van der Waals surface area contributed by atoms with Crippen LogP contribution in [0.25, 0.3) is 0 Å². The van der Waals surface area contributed by atoms with Gasteiger partial charge in [-0.2, -0.15) is 0 Å². The second kappa shape index (κ2) is 7.59. The van der Waals surface area contributed by atoms with Crippen molar-refractivity contribution < 1.29 is 4.74 Å². The van der Waals surface area contributed by atoms with E-state index in [4.69, 9.17) is 4.74 Å². The second-order valence-corrected chi connectivity index (χ2v) is 8.85. The molecule has 0 saturated heterocycles. The van der Waals surface area contributed by atoms with E-state index in [2.05, 4.69) is 27.2 Å². The zero-order valence-corrected chi connectivity index (χ0v) is 18.2. The minimum atomic E-state index is -0.182. The van der Waals surface area contributed by atoms with E-state index in [1.165, 1.54) is 10.2 Å². The lowest BCUT2D eigenvalue weighted by atomic mass is 10.2. The van der Waals surface area contributed by atoms with Gasteiger partial charge in [0.05, 0.1) is 12.3 Å². The Labute approximate surface area is 174 Å². The molecule has 0 aromatic carbocycles. The topological polar surface area (TPSA) is 73.1 Å². The monoisotopic (exact) mass is 411 g/mol. The Balaban J connectivity index is 1.47. The van der Waals surface area contributed by atoms with Crippen LogP contribution in [0.3, 0.4) is 0 Å². The lowest BCUT2D eigenvalue weighted by Crippen LogP contribution is -2.27. The second-order valence-electron chi connectivity index (χ2n) is 7.67. The van der Waals surface area contributed by atoms with Crippen molar-refractivity contribution in [3.8, 4) is 5.88 Å². The predicted octanol–water partition coefficient (Wildman–Crippen LogP) is 3.51. The van der Waals surface area contributed by atoms with E-state index < -0.39 is 0 Å². The van der Waals surface area contributed by atoms with Gasteiger partial charge in [-0.25, -0.2) is 9.67 Å². The van der Waals surface area contributed by atoms with Crippen LogP contribution in [0.5, 0.6) is 5.88 Å². The molecule has 152 valence electrons. The van der Waals surface area contributed by atoms with Crippen molar-refractivity contribution in [2.24, 2.45) is 13.0 Å². The van der Waals surface area contributed by atoms with E-state index in [9.17, 15) is 4.79 Å². The van der Waals surface area contributed by atoms with Gasteiger partial charge in [-0.3, -0.25) is 9.78 Å². The van der Waals surface area contributed by atoms with Gasteiger partial charge in [0.2, 0.25) is 5.88 Å². The van der Waals surface area contributed by atoms with Crippen LogP contribution in [0.15, 0.2) is 29.2 Å². The van der Waals surface area contributed by atoms with Crippen molar-refractivity contribution in [1.29, 1.82) is 0 Å². The molecule has 1 saturated carbocycles. The van der Waals surface area contributed by atoms with Crippen LogP contribution in [0.2, 0.25) is 0 Å². The summed E-state index contributed by atoms with van der Waals surface area (Å²) in [5, 5.41) is 5.04. The van der Waals surface area contributed by atoms with E-state index in [1.54, 1.807) is 29.4 Å². The Hall–Kier alpha value is -2.74. The highest BCUT2D eigenvalue weighted by molar-refractivity contribution is 7.15. The van der Waals surface area contributed by atoms with Gasteiger partial charge in [0.1, 0.15) is 5.69 Å². The molecule has 3 aromatic heterocycles. The maximum Gasteiger partial charge on any atom is 0.290 e. The van der Waals surface area contributed by atoms with Crippen LogP contribution >= 0.6 is 11.3 Å². The molecule has 0 unspecified atom stereocenters. The van der Waals surface area contributed by atoms with E-state index in [-0.39, 0.29) is 5.56 Å². The highest BCUT2D eigenvalue weighted by Gasteiger charge is 2.40. The average Bonchev–Trinajstić information content (AvgIpc) is 3.39. The molecule has 29 heavy (non-hydrogen) atoms. The van der Waals surface area contributed by atoms with Crippen molar-refractivity contribution in [1.82, 2.24) is 19.7 Å². The normalized spacial score (nSPS) is 18.0. The quantitative estimate of drug-likeness (QED) is 0.618. The first kappa shape index (κ1) is 19.6. The standard InChI is InChI=1S/C21H25N5O2S/c1-12-6-7-17(22-10-12)16-8-15(16)11-28-19-9-18(20(27)26(5)24-19)25(4)21-23-13(2)14(3)29-21/h6-7,9-10,15-16H,8,11H2,1-5H3/t15-,16+/m1/s1. The Morgan fingerprint density at radius 2 is 2.10 bits per heavy atom. The van der Waals surface area contributed by atoms with E-state index in [1.807, 2.05) is 34.0 Å². The molecular weight excluding hydrogens is 386 g/mol. The lowest BCUT2D eigenvalue weighted by molar-refractivity contribution is 0.278. The summed E-state index contributed by atoms with van der Waals surface area (Å²) in [4.78, 5) is 24.6. The first-order valence-electron chi connectivity index (χ1n) is 9.65. The molecule has 0 bridgehead atoms. The zero-order chi connectivity index (χ0) is 20.7. The van der Waals surface area contributed by atoms with Gasteiger partial charge >= 0.3 is 0 Å². The van der Waals surface area contributed by atoms with Crippen LogP contribution in [0.1, 0.15) is 34.2 Å². The molecule has 2 atom stereocenters. The zero-order valence-electron chi connectivity index (χ0n) is 17.3. The fourth-order valence-corrected chi connectivity index (χ4v) is 4.15. The number of anilines is 2. The van der Waals surface area contributed by atoms with E-state index in [0.717, 1.165) is 27.8 Å². The molecule has 3 heterocycles. The van der Waals surface area contributed by atoms with Gasteiger partial charge in [-0.1, -0.05) is 6.07 Å². The molecule has 0 amide bonds. The summed E-state index contributed by atoms with van der Waals surface area (Å²) in [6.07, 6.45) is 2.97. The summed E-state index contributed by atoms with van der Waals surface area (Å²) in [7, 11) is 3.49. The third-order valence-electron chi connectivity index (χ3n) is 5.37. The molecule has 4 rings (SSSR count). The maximum absolute atomic E-state index is 12.6. The number of hydrogen-bond acceptors (Lipinski definition) is 7. The molecule has 1 fully saturated rings. The first-order chi connectivity index (χ1) is 13.8. The summed E-state index contributed by atoms with van der Waals surface area (Å²) in [6, 6.07) is 5.89. The molecule has 1 aliphatic rings. The Kier molecular flexibility index (Phi) is 5.12. The van der Waals surface area contributed by atoms with Gasteiger partial charge in [0.15, 0.2) is 5.13 Å². The summed E-state index contributed by atoms with van der Waals surface area (Å²) >= 11 is 1.56. The minimum absolute atomic E-state index is 0.182. The molecule has 8 heteroatoms. The Morgan fingerprint density at radius 1 is 1.31 bits per heavy atom. The van der Waals surface area contributed by atoms with Crippen molar-refractivity contribution >= 4 is 22.2 Å². The number of thiazole rings is 1. The molecule has 3 aromatic rings. The molecule has 0 aliphatic heterocycles. The van der Waals surface area contributed by atoms with Crippen molar-refractivity contribution in [2.75, 3.05) is 18.6 Å². The predicted molar refractivity (Wildman–Crippen MR) is 114 cm³/mol. The summed E-state index contributed by atoms with van der Waals surface area (Å²) < 4.78 is 7.27. The SMILES string of the molecule is Cc1ccc([C@H]2C[C@@H]2COc2cc(N(C)c3nc(C)c(C)s3)c(=O)n(C)n2)nc1. The largest absolute Gasteiger partial charge is 0.476 e. The maximum atomic E-state index is 12.6. The number of aromatic nitrogens is 4. The molecular formula is C21H25N5O2S. The number of rotatable bonds is 6. The molecule has 0 spiro atoms. The van der Waals surface area contributed by atoms with E-state index >= 15 is 0 Å². The fraction of sp³-hybridized carbons (Fsp3) is 0.429. The summed E-state index contributed by atoms with van der Waals surface area (Å²) in [5.41, 5.74) is 3.58. The lowest BCUT2D eigenvalue weighted by Gasteiger charge is -2.17. The molecule has 7 nitrogen and oxygen atoms in total. The number of pyridine rings is 1. The van der Waals surface area contributed by atoms with Gasteiger partial charge in [0, 0.05) is 48.8 Å².